The molecule has 0 radical (unpaired) electrons. The minimum Gasteiger partial charge on any atom is -0.258 e. The number of nitrogens with zero attached hydrogens (tertiary/aromatic N) is 5. The van der Waals surface area contributed by atoms with Gasteiger partial charge in [-0.05, 0) is 25.1 Å². The van der Waals surface area contributed by atoms with Gasteiger partial charge in [0.25, 0.3) is 5.69 Å². The SMILES string of the molecule is Cc1ccc(Sc2ccc([N+](=O)[O-])cc2C=Nn2cnnc2)cc1. The second kappa shape index (κ2) is 7.05. The Morgan fingerprint density at radius 1 is 1.17 bits per heavy atom. The van der Waals surface area contributed by atoms with E-state index in [0.29, 0.717) is 5.56 Å². The highest BCUT2D eigenvalue weighted by Gasteiger charge is 2.11. The zero-order valence-corrected chi connectivity index (χ0v) is 13.6. The lowest BCUT2D eigenvalue weighted by molar-refractivity contribution is -0.384. The van der Waals surface area contributed by atoms with E-state index in [1.807, 2.05) is 31.2 Å². The summed E-state index contributed by atoms with van der Waals surface area (Å²) in [5.74, 6) is 0. The summed E-state index contributed by atoms with van der Waals surface area (Å²) >= 11 is 1.53. The molecule has 7 nitrogen and oxygen atoms in total. The second-order valence-electron chi connectivity index (χ2n) is 4.98. The van der Waals surface area contributed by atoms with E-state index in [-0.39, 0.29) is 5.69 Å². The number of aromatic nitrogens is 3. The van der Waals surface area contributed by atoms with Crippen molar-refractivity contribution < 1.29 is 4.92 Å². The minimum atomic E-state index is -0.420. The largest absolute Gasteiger partial charge is 0.270 e. The molecule has 0 N–H and O–H groups in total. The number of benzene rings is 2. The Hall–Kier alpha value is -3.00. The van der Waals surface area contributed by atoms with Crippen LogP contribution in [0.4, 0.5) is 5.69 Å². The fourth-order valence-corrected chi connectivity index (χ4v) is 2.85. The summed E-state index contributed by atoms with van der Waals surface area (Å²) in [7, 11) is 0. The van der Waals surface area contributed by atoms with Crippen LogP contribution in [0.2, 0.25) is 0 Å². The van der Waals surface area contributed by atoms with Gasteiger partial charge < -0.3 is 0 Å². The molecule has 8 heteroatoms. The summed E-state index contributed by atoms with van der Waals surface area (Å²) in [5, 5.41) is 22.5. The van der Waals surface area contributed by atoms with Crippen molar-refractivity contribution in [2.45, 2.75) is 16.7 Å². The van der Waals surface area contributed by atoms with Gasteiger partial charge in [0.05, 0.1) is 11.1 Å². The summed E-state index contributed by atoms with van der Waals surface area (Å²) in [6, 6.07) is 12.8. The minimum absolute atomic E-state index is 0.0217. The third kappa shape index (κ3) is 3.85. The monoisotopic (exact) mass is 339 g/mol. The van der Waals surface area contributed by atoms with E-state index < -0.39 is 4.92 Å². The molecule has 0 aliphatic rings. The van der Waals surface area contributed by atoms with E-state index in [1.54, 1.807) is 12.3 Å². The molecular formula is C16H13N5O2S. The van der Waals surface area contributed by atoms with E-state index in [0.717, 1.165) is 9.79 Å². The van der Waals surface area contributed by atoms with Gasteiger partial charge in [-0.2, -0.15) is 5.10 Å². The number of rotatable bonds is 5. The fourth-order valence-electron chi connectivity index (χ4n) is 1.96. The number of non-ortho nitro benzene ring substituents is 1. The molecule has 0 saturated heterocycles. The summed E-state index contributed by atoms with van der Waals surface area (Å²) in [6.45, 7) is 2.03. The predicted octanol–water partition coefficient (Wildman–Crippen LogP) is 3.53. The van der Waals surface area contributed by atoms with Crippen LogP contribution in [0.5, 0.6) is 0 Å². The zero-order valence-electron chi connectivity index (χ0n) is 12.7. The summed E-state index contributed by atoms with van der Waals surface area (Å²) in [4.78, 5) is 12.5. The number of nitro benzene ring substituents is 1. The molecular weight excluding hydrogens is 326 g/mol. The Balaban J connectivity index is 1.94. The first kappa shape index (κ1) is 15.9. The van der Waals surface area contributed by atoms with Crippen LogP contribution in [0.15, 0.2) is 70.0 Å². The van der Waals surface area contributed by atoms with Gasteiger partial charge in [-0.25, -0.2) is 4.68 Å². The van der Waals surface area contributed by atoms with Crippen molar-refractivity contribution in [3.63, 3.8) is 0 Å². The lowest BCUT2D eigenvalue weighted by Crippen LogP contribution is -1.94. The first-order chi connectivity index (χ1) is 11.6. The van der Waals surface area contributed by atoms with Crippen molar-refractivity contribution in [3.05, 3.63) is 76.4 Å². The van der Waals surface area contributed by atoms with Crippen molar-refractivity contribution >= 4 is 23.7 Å². The molecule has 0 saturated carbocycles. The summed E-state index contributed by atoms with van der Waals surface area (Å²) in [6.07, 6.45) is 4.45. The molecule has 0 unspecified atom stereocenters. The number of aryl methyl sites for hydroxylation is 1. The Labute approximate surface area is 142 Å². The summed E-state index contributed by atoms with van der Waals surface area (Å²) < 4.78 is 1.43. The topological polar surface area (TPSA) is 86.2 Å². The number of hydrogen-bond acceptors (Lipinski definition) is 6. The average molecular weight is 339 g/mol. The maximum atomic E-state index is 11.0. The Morgan fingerprint density at radius 3 is 2.54 bits per heavy atom. The van der Waals surface area contributed by atoms with Crippen LogP contribution < -0.4 is 0 Å². The van der Waals surface area contributed by atoms with Crippen molar-refractivity contribution in [1.29, 1.82) is 0 Å². The molecule has 120 valence electrons. The van der Waals surface area contributed by atoms with Crippen molar-refractivity contribution in [3.8, 4) is 0 Å². The van der Waals surface area contributed by atoms with Crippen LogP contribution in [-0.4, -0.2) is 26.0 Å². The van der Waals surface area contributed by atoms with E-state index in [1.165, 1.54) is 46.8 Å². The molecule has 0 aliphatic heterocycles. The maximum absolute atomic E-state index is 11.0. The smallest absolute Gasteiger partial charge is 0.258 e. The number of hydrogen-bond donors (Lipinski definition) is 0. The van der Waals surface area contributed by atoms with Gasteiger partial charge in [0, 0.05) is 27.5 Å². The average Bonchev–Trinajstić information content (AvgIpc) is 3.09. The molecule has 0 atom stereocenters. The van der Waals surface area contributed by atoms with Gasteiger partial charge in [-0.3, -0.25) is 10.1 Å². The van der Waals surface area contributed by atoms with E-state index in [9.17, 15) is 10.1 Å². The standard InChI is InChI=1S/C16H13N5O2S/c1-12-2-5-15(6-3-12)24-16-7-4-14(21(22)23)8-13(16)9-19-20-10-17-18-11-20/h2-11H,1H3. The van der Waals surface area contributed by atoms with Crippen molar-refractivity contribution in [2.75, 3.05) is 0 Å². The first-order valence-corrected chi connectivity index (χ1v) is 7.85. The van der Waals surface area contributed by atoms with Gasteiger partial charge in [-0.15, -0.1) is 10.2 Å². The number of nitro groups is 1. The highest BCUT2D eigenvalue weighted by molar-refractivity contribution is 7.99. The normalized spacial score (nSPS) is 11.0. The highest BCUT2D eigenvalue weighted by atomic mass is 32.2. The molecule has 1 aromatic heterocycles. The Morgan fingerprint density at radius 2 is 1.88 bits per heavy atom. The molecule has 3 aromatic rings. The van der Waals surface area contributed by atoms with Crippen molar-refractivity contribution in [1.82, 2.24) is 14.9 Å². The van der Waals surface area contributed by atoms with E-state index >= 15 is 0 Å². The van der Waals surface area contributed by atoms with E-state index in [4.69, 9.17) is 0 Å². The van der Waals surface area contributed by atoms with Gasteiger partial charge in [0.1, 0.15) is 12.7 Å². The quantitative estimate of drug-likeness (QED) is 0.403. The molecule has 1 heterocycles. The maximum Gasteiger partial charge on any atom is 0.270 e. The van der Waals surface area contributed by atoms with Crippen LogP contribution >= 0.6 is 11.8 Å². The molecule has 2 aromatic carbocycles. The van der Waals surface area contributed by atoms with Crippen LogP contribution in [0.1, 0.15) is 11.1 Å². The lowest BCUT2D eigenvalue weighted by atomic mass is 10.2. The Kier molecular flexibility index (Phi) is 4.66. The lowest BCUT2D eigenvalue weighted by Gasteiger charge is -2.06. The zero-order chi connectivity index (χ0) is 16.9. The predicted molar refractivity (Wildman–Crippen MR) is 91.4 cm³/mol. The van der Waals surface area contributed by atoms with E-state index in [2.05, 4.69) is 15.3 Å². The second-order valence-corrected chi connectivity index (χ2v) is 6.10. The third-order valence-corrected chi connectivity index (χ3v) is 4.29. The molecule has 0 amide bonds. The molecule has 0 fully saturated rings. The Bertz CT molecular complexity index is 876. The molecule has 0 bridgehead atoms. The van der Waals surface area contributed by atoms with Crippen LogP contribution in [-0.2, 0) is 0 Å². The van der Waals surface area contributed by atoms with Crippen LogP contribution in [0.3, 0.4) is 0 Å². The molecule has 24 heavy (non-hydrogen) atoms. The van der Waals surface area contributed by atoms with Gasteiger partial charge >= 0.3 is 0 Å². The third-order valence-electron chi connectivity index (χ3n) is 3.19. The van der Waals surface area contributed by atoms with Crippen LogP contribution in [0.25, 0.3) is 0 Å². The van der Waals surface area contributed by atoms with Crippen LogP contribution in [0, 0.1) is 17.0 Å². The van der Waals surface area contributed by atoms with Gasteiger partial charge in [0.2, 0.25) is 0 Å². The molecule has 3 rings (SSSR count). The summed E-state index contributed by atoms with van der Waals surface area (Å²) in [5.41, 5.74) is 1.86. The van der Waals surface area contributed by atoms with Gasteiger partial charge in [0.15, 0.2) is 0 Å². The van der Waals surface area contributed by atoms with Crippen molar-refractivity contribution in [2.24, 2.45) is 5.10 Å². The molecule has 0 aliphatic carbocycles. The van der Waals surface area contributed by atoms with Gasteiger partial charge in [-0.1, -0.05) is 29.5 Å². The highest BCUT2D eigenvalue weighted by Crippen LogP contribution is 2.32. The first-order valence-electron chi connectivity index (χ1n) is 7.04. The fraction of sp³-hybridized carbons (Fsp3) is 0.0625. The molecule has 0 spiro atoms.